The summed E-state index contributed by atoms with van der Waals surface area (Å²) in [5.74, 6) is -3.65. The Morgan fingerprint density at radius 3 is 2.60 bits per heavy atom. The van der Waals surface area contributed by atoms with Crippen molar-refractivity contribution in [1.29, 1.82) is 0 Å². The van der Waals surface area contributed by atoms with E-state index < -0.39 is 53.5 Å². The summed E-state index contributed by atoms with van der Waals surface area (Å²) in [5.41, 5.74) is -0.179. The first-order chi connectivity index (χ1) is 19.1. The Bertz CT molecular complexity index is 1660. The highest BCUT2D eigenvalue weighted by Gasteiger charge is 2.54. The zero-order valence-electron chi connectivity index (χ0n) is 20.1. The topological polar surface area (TPSA) is 196 Å². The quantitative estimate of drug-likeness (QED) is 0.191. The molecule has 2 unspecified atom stereocenters. The van der Waals surface area contributed by atoms with Crippen molar-refractivity contribution < 1.29 is 34.5 Å². The lowest BCUT2D eigenvalue weighted by molar-refractivity contribution is -0.151. The van der Waals surface area contributed by atoms with Gasteiger partial charge >= 0.3 is 17.6 Å². The number of aliphatic hydroxyl groups excluding tert-OH is 1. The van der Waals surface area contributed by atoms with Crippen LogP contribution in [0.25, 0.3) is 5.65 Å². The molecular formula is C23H19ClN6O8S2. The lowest BCUT2D eigenvalue weighted by atomic mass is 10.0. The van der Waals surface area contributed by atoms with Gasteiger partial charge in [0.2, 0.25) is 0 Å². The van der Waals surface area contributed by atoms with Crippen LogP contribution in [0, 0.1) is 0 Å². The second-order valence-electron chi connectivity index (χ2n) is 8.64. The van der Waals surface area contributed by atoms with Gasteiger partial charge in [-0.2, -0.15) is 14.3 Å². The number of hydrogen-bond donors (Lipinski definition) is 4. The fourth-order valence-corrected chi connectivity index (χ4v) is 6.80. The van der Waals surface area contributed by atoms with Crippen molar-refractivity contribution >= 4 is 64.5 Å². The van der Waals surface area contributed by atoms with Gasteiger partial charge in [0, 0.05) is 22.1 Å². The van der Waals surface area contributed by atoms with Crippen LogP contribution < -0.4 is 11.0 Å². The number of halogens is 1. The highest BCUT2D eigenvalue weighted by Crippen LogP contribution is 2.41. The van der Waals surface area contributed by atoms with Gasteiger partial charge in [0.15, 0.2) is 11.8 Å². The number of carbonyl (C=O) groups excluding carboxylic acids is 2. The molecule has 1 aromatic carbocycles. The number of β-lactam (4-membered cyclic amide) rings is 1. The molecule has 2 aromatic heterocycles. The third-order valence-electron chi connectivity index (χ3n) is 6.09. The molecule has 17 heteroatoms. The monoisotopic (exact) mass is 606 g/mol. The molecule has 4 heterocycles. The molecule has 5 rings (SSSR count). The van der Waals surface area contributed by atoms with Crippen LogP contribution in [0.5, 0.6) is 0 Å². The number of aromatic nitrogens is 4. The van der Waals surface area contributed by atoms with E-state index in [1.54, 1.807) is 18.2 Å². The van der Waals surface area contributed by atoms with Crippen LogP contribution >= 0.6 is 35.1 Å². The third-order valence-corrected chi connectivity index (χ3v) is 8.78. The van der Waals surface area contributed by atoms with Crippen molar-refractivity contribution in [3.05, 3.63) is 68.7 Å². The minimum Gasteiger partial charge on any atom is -0.480 e. The van der Waals surface area contributed by atoms with Crippen LogP contribution in [0.2, 0.25) is 5.02 Å². The molecule has 2 aliphatic heterocycles. The van der Waals surface area contributed by atoms with E-state index in [2.05, 4.69) is 15.5 Å². The van der Waals surface area contributed by atoms with E-state index in [-0.39, 0.29) is 33.4 Å². The number of nitrogens with zero attached hydrogens (tertiary/aromatic N) is 5. The van der Waals surface area contributed by atoms with E-state index >= 15 is 0 Å². The van der Waals surface area contributed by atoms with Gasteiger partial charge in [-0.3, -0.25) is 19.3 Å². The number of hydrogen-bond acceptors (Lipinski definition) is 10. The molecule has 4 N–H and O–H groups in total. The number of aliphatic hydroxyl groups is 1. The molecule has 3 aromatic rings. The number of carbonyl (C=O) groups is 4. The summed E-state index contributed by atoms with van der Waals surface area (Å²) in [6.45, 7) is -0.623. The van der Waals surface area contributed by atoms with Crippen molar-refractivity contribution in [2.45, 2.75) is 29.1 Å². The van der Waals surface area contributed by atoms with E-state index in [1.165, 1.54) is 30.0 Å². The largest absolute Gasteiger partial charge is 0.480 e. The summed E-state index contributed by atoms with van der Waals surface area (Å²) < 4.78 is 1.72. The minimum absolute atomic E-state index is 0.129. The van der Waals surface area contributed by atoms with Crippen LogP contribution in [0.1, 0.15) is 11.7 Å². The fraction of sp³-hybridized carbons (Fsp3) is 0.261. The molecule has 40 heavy (non-hydrogen) atoms. The molecule has 14 nitrogen and oxygen atoms in total. The first kappa shape index (κ1) is 27.7. The van der Waals surface area contributed by atoms with Crippen LogP contribution in [-0.4, -0.2) is 86.3 Å². The van der Waals surface area contributed by atoms with Gasteiger partial charge in [-0.1, -0.05) is 29.8 Å². The zero-order valence-corrected chi connectivity index (χ0v) is 22.5. The number of benzene rings is 1. The maximum absolute atomic E-state index is 12.9. The first-order valence-corrected chi connectivity index (χ1v) is 13.9. The molecule has 0 bridgehead atoms. The molecule has 2 amide bonds. The number of carboxylic acid groups (broad SMARTS) is 2. The number of fused-ring (bicyclic) bond motifs is 2. The molecule has 0 aliphatic carbocycles. The number of rotatable bonds is 9. The molecule has 1 fully saturated rings. The van der Waals surface area contributed by atoms with E-state index in [4.69, 9.17) is 16.7 Å². The maximum Gasteiger partial charge on any atom is 0.367 e. The van der Waals surface area contributed by atoms with Crippen LogP contribution in [0.3, 0.4) is 0 Å². The van der Waals surface area contributed by atoms with Crippen molar-refractivity contribution in [3.63, 3.8) is 0 Å². The molecule has 3 atom stereocenters. The predicted molar refractivity (Wildman–Crippen MR) is 142 cm³/mol. The molecule has 0 saturated carbocycles. The minimum atomic E-state index is -1.61. The lowest BCUT2D eigenvalue weighted by Gasteiger charge is -2.49. The van der Waals surface area contributed by atoms with Crippen LogP contribution in [0.15, 0.2) is 57.5 Å². The summed E-state index contributed by atoms with van der Waals surface area (Å²) in [7, 11) is 0. The summed E-state index contributed by atoms with van der Waals surface area (Å²) in [6.07, 6.45) is -1.61. The van der Waals surface area contributed by atoms with Crippen LogP contribution in [-0.2, 0) is 25.7 Å². The maximum atomic E-state index is 12.9. The van der Waals surface area contributed by atoms with Gasteiger partial charge in [0.05, 0.1) is 0 Å². The number of amides is 2. The molecule has 1 saturated heterocycles. The summed E-state index contributed by atoms with van der Waals surface area (Å²) >= 11 is 8.43. The number of thioether (sulfide) groups is 2. The van der Waals surface area contributed by atoms with Crippen molar-refractivity contribution in [2.24, 2.45) is 0 Å². The Labute approximate surface area is 237 Å². The average Bonchev–Trinajstić information content (AvgIpc) is 3.23. The molecule has 2 aliphatic rings. The average molecular weight is 607 g/mol. The Balaban J connectivity index is 1.29. The first-order valence-electron chi connectivity index (χ1n) is 11.5. The Morgan fingerprint density at radius 2 is 1.90 bits per heavy atom. The third kappa shape index (κ3) is 5.05. The van der Waals surface area contributed by atoms with E-state index in [9.17, 15) is 34.2 Å². The normalized spacial score (nSPS) is 19.2. The molecule has 0 radical (unpaired) electrons. The van der Waals surface area contributed by atoms with Crippen molar-refractivity contribution in [3.8, 4) is 0 Å². The highest BCUT2D eigenvalue weighted by atomic mass is 35.5. The number of aliphatic carboxylic acids is 2. The summed E-state index contributed by atoms with van der Waals surface area (Å²) in [4.78, 5) is 62.1. The lowest BCUT2D eigenvalue weighted by Crippen LogP contribution is -2.70. The Hall–Kier alpha value is -3.86. The van der Waals surface area contributed by atoms with Gasteiger partial charge < -0.3 is 20.6 Å². The smallest absolute Gasteiger partial charge is 0.367 e. The van der Waals surface area contributed by atoms with Gasteiger partial charge in [-0.15, -0.1) is 28.6 Å². The van der Waals surface area contributed by atoms with Crippen molar-refractivity contribution in [1.82, 2.24) is 29.6 Å². The Morgan fingerprint density at radius 1 is 1.15 bits per heavy atom. The van der Waals surface area contributed by atoms with E-state index in [1.807, 2.05) is 0 Å². The van der Waals surface area contributed by atoms with Crippen molar-refractivity contribution in [2.75, 3.05) is 11.5 Å². The summed E-state index contributed by atoms with van der Waals surface area (Å²) in [6, 6.07) is 8.25. The zero-order chi connectivity index (χ0) is 28.7. The van der Waals surface area contributed by atoms with E-state index in [0.717, 1.165) is 25.9 Å². The standard InChI is InChI=1S/C23H19ClN6O8S2/c24-12-4-2-1-3-11(12)18(33)19(34)25-16-20(35)29-17(22(36)37)10(9-40-21(16)29)8-39-14-6-5-13-26-28(7-15(31)32)23(38)30(13)27-14/h1-6,16,18,21,33H,7-9H2,(H,25,34)(H,31,32)(H,36,37)/t16?,18?,21-/m0/s1. The number of nitrogens with one attached hydrogen (secondary N) is 1. The molecule has 208 valence electrons. The Kier molecular flexibility index (Phi) is 7.59. The van der Waals surface area contributed by atoms with Gasteiger partial charge in [0.1, 0.15) is 28.7 Å². The molecule has 0 spiro atoms. The van der Waals surface area contributed by atoms with Crippen LogP contribution in [0.4, 0.5) is 0 Å². The molecular weight excluding hydrogens is 588 g/mol. The second kappa shape index (κ2) is 11.0. The predicted octanol–water partition coefficient (Wildman–Crippen LogP) is 0.193. The van der Waals surface area contributed by atoms with Gasteiger partial charge in [-0.25, -0.2) is 9.59 Å². The second-order valence-corrected chi connectivity index (χ2v) is 11.1. The SMILES string of the molecule is O=C(O)Cn1nc2ccc(SCC3=C(C(=O)O)N4C(=O)C(NC(=O)C(O)c5ccccc5Cl)[C@@H]4SC3)nn2c1=O. The fourth-order valence-electron chi connectivity index (χ4n) is 4.23. The van der Waals surface area contributed by atoms with E-state index in [0.29, 0.717) is 10.6 Å². The summed E-state index contributed by atoms with van der Waals surface area (Å²) in [5, 5.41) is 39.6. The van der Waals surface area contributed by atoms with Gasteiger partial charge in [0.25, 0.3) is 11.8 Å². The highest BCUT2D eigenvalue weighted by molar-refractivity contribution is 8.01. The number of carboxylic acids is 2. The van der Waals surface area contributed by atoms with Gasteiger partial charge in [-0.05, 0) is 23.8 Å².